The molecule has 1 aliphatic rings. The van der Waals surface area contributed by atoms with Gasteiger partial charge in [0.1, 0.15) is 23.7 Å². The Labute approximate surface area is 245 Å². The molecule has 1 saturated carbocycles. The van der Waals surface area contributed by atoms with Crippen molar-refractivity contribution in [3.8, 4) is 11.4 Å². The lowest BCUT2D eigenvalue weighted by Crippen LogP contribution is -2.46. The first-order valence-corrected chi connectivity index (χ1v) is 15.1. The monoisotopic (exact) mass is 578 g/mol. The summed E-state index contributed by atoms with van der Waals surface area (Å²) >= 11 is 0. The molecule has 4 aromatic carbocycles. The molecule has 0 aliphatic heterocycles. The highest BCUT2D eigenvalue weighted by Crippen LogP contribution is 2.58. The topological polar surface area (TPSA) is 102 Å². The first-order valence-electron chi connectivity index (χ1n) is 13.6. The van der Waals surface area contributed by atoms with Crippen molar-refractivity contribution >= 4 is 16.1 Å². The Morgan fingerprint density at radius 1 is 0.952 bits per heavy atom. The van der Waals surface area contributed by atoms with E-state index in [1.807, 2.05) is 95.7 Å². The van der Waals surface area contributed by atoms with Crippen LogP contribution in [0.2, 0.25) is 0 Å². The van der Waals surface area contributed by atoms with Gasteiger partial charge in [-0.3, -0.25) is 0 Å². The second-order valence-corrected chi connectivity index (χ2v) is 12.0. The fraction of sp³-hybridized carbons (Fsp3) is 0.152. The molecule has 1 aliphatic carbocycles. The summed E-state index contributed by atoms with van der Waals surface area (Å²) in [7, 11) is -4.09. The van der Waals surface area contributed by atoms with Gasteiger partial charge >= 0.3 is 6.03 Å². The van der Waals surface area contributed by atoms with E-state index in [0.717, 1.165) is 16.8 Å². The number of benzene rings is 4. The maximum atomic E-state index is 13.3. The van der Waals surface area contributed by atoms with Crippen molar-refractivity contribution in [2.24, 2.45) is 0 Å². The molecule has 2 amide bonds. The summed E-state index contributed by atoms with van der Waals surface area (Å²) < 4.78 is 36.4. The summed E-state index contributed by atoms with van der Waals surface area (Å²) in [5.74, 6) is 1.18. The highest BCUT2D eigenvalue weighted by atomic mass is 32.2. The fourth-order valence-corrected chi connectivity index (χ4v) is 6.52. The number of carbonyl (C=O) groups is 1. The van der Waals surface area contributed by atoms with Crippen LogP contribution in [0.4, 0.5) is 4.79 Å². The third-order valence-corrected chi connectivity index (χ3v) is 8.98. The highest BCUT2D eigenvalue weighted by Gasteiger charge is 2.60. The summed E-state index contributed by atoms with van der Waals surface area (Å²) in [6.07, 6.45) is 4.06. The van der Waals surface area contributed by atoms with Crippen LogP contribution in [0.15, 0.2) is 126 Å². The van der Waals surface area contributed by atoms with Crippen LogP contribution in [-0.4, -0.2) is 24.0 Å². The smallest absolute Gasteiger partial charge is 0.329 e. The molecule has 6 rings (SSSR count). The second kappa shape index (κ2) is 11.2. The largest absolute Gasteiger partial charge is 0.489 e. The predicted molar refractivity (Wildman–Crippen MR) is 160 cm³/mol. The average molecular weight is 579 g/mol. The number of imidazole rings is 1. The lowest BCUT2D eigenvalue weighted by molar-refractivity contribution is 0.239. The van der Waals surface area contributed by atoms with Gasteiger partial charge in [-0.1, -0.05) is 84.9 Å². The molecule has 1 aromatic heterocycles. The zero-order valence-corrected chi connectivity index (χ0v) is 23.8. The van der Waals surface area contributed by atoms with Gasteiger partial charge in [0, 0.05) is 24.4 Å². The minimum atomic E-state index is -4.09. The van der Waals surface area contributed by atoms with Crippen LogP contribution < -0.4 is 14.8 Å². The van der Waals surface area contributed by atoms with E-state index in [2.05, 4.69) is 15.0 Å². The lowest BCUT2D eigenvalue weighted by atomic mass is 10.1. The summed E-state index contributed by atoms with van der Waals surface area (Å²) in [5, 5.41) is 2.99. The van der Waals surface area contributed by atoms with Crippen molar-refractivity contribution in [1.82, 2.24) is 19.6 Å². The van der Waals surface area contributed by atoms with Crippen LogP contribution in [-0.2, 0) is 22.2 Å². The maximum Gasteiger partial charge on any atom is 0.329 e. The van der Waals surface area contributed by atoms with Gasteiger partial charge in [-0.05, 0) is 48.2 Å². The van der Waals surface area contributed by atoms with Gasteiger partial charge in [0.2, 0.25) is 0 Å². The number of aryl methyl sites for hydroxylation is 1. The number of hydrogen-bond donors (Lipinski definition) is 2. The number of aromatic nitrogens is 2. The van der Waals surface area contributed by atoms with Crippen molar-refractivity contribution < 1.29 is 17.9 Å². The molecule has 2 unspecified atom stereocenters. The SMILES string of the molecule is Cc1ccccc1S(=O)(=O)NC(=O)NC1(c2nccn2-c2cccc(OCc3ccccc3)c2)CC1c1ccccc1. The van der Waals surface area contributed by atoms with E-state index in [1.54, 1.807) is 31.3 Å². The van der Waals surface area contributed by atoms with Crippen LogP contribution in [0.3, 0.4) is 0 Å². The molecule has 2 N–H and O–H groups in total. The molecule has 212 valence electrons. The molecule has 5 aromatic rings. The Morgan fingerprint density at radius 3 is 2.43 bits per heavy atom. The van der Waals surface area contributed by atoms with Crippen molar-refractivity contribution in [3.63, 3.8) is 0 Å². The molecule has 2 atom stereocenters. The zero-order valence-electron chi connectivity index (χ0n) is 23.0. The van der Waals surface area contributed by atoms with E-state index in [4.69, 9.17) is 4.74 Å². The number of amides is 2. The molecule has 0 bridgehead atoms. The molecular formula is C33H30N4O4S. The highest BCUT2D eigenvalue weighted by molar-refractivity contribution is 7.90. The van der Waals surface area contributed by atoms with Gasteiger partial charge < -0.3 is 14.6 Å². The summed E-state index contributed by atoms with van der Waals surface area (Å²) in [4.78, 5) is 18.1. The number of rotatable bonds is 9. The third-order valence-electron chi connectivity index (χ3n) is 7.49. The fourth-order valence-electron chi connectivity index (χ4n) is 5.36. The van der Waals surface area contributed by atoms with Gasteiger partial charge in [0.15, 0.2) is 0 Å². The van der Waals surface area contributed by atoms with Gasteiger partial charge in [0.25, 0.3) is 10.0 Å². The number of hydrogen-bond acceptors (Lipinski definition) is 5. The predicted octanol–water partition coefficient (Wildman–Crippen LogP) is 5.83. The quantitative estimate of drug-likeness (QED) is 0.229. The van der Waals surface area contributed by atoms with Gasteiger partial charge in [-0.2, -0.15) is 0 Å². The number of carbonyl (C=O) groups excluding carboxylic acids is 1. The Balaban J connectivity index is 1.30. The van der Waals surface area contributed by atoms with Crippen molar-refractivity contribution in [2.75, 3.05) is 0 Å². The molecular weight excluding hydrogens is 548 g/mol. The molecule has 0 spiro atoms. The Bertz CT molecular complexity index is 1820. The van der Waals surface area contributed by atoms with E-state index < -0.39 is 21.6 Å². The maximum absolute atomic E-state index is 13.3. The number of ether oxygens (including phenoxy) is 1. The van der Waals surface area contributed by atoms with E-state index in [9.17, 15) is 13.2 Å². The molecule has 42 heavy (non-hydrogen) atoms. The summed E-state index contributed by atoms with van der Waals surface area (Å²) in [6.45, 7) is 2.12. The molecule has 0 radical (unpaired) electrons. The summed E-state index contributed by atoms with van der Waals surface area (Å²) in [6, 6.07) is 33.1. The Kier molecular flexibility index (Phi) is 7.26. The number of nitrogens with one attached hydrogen (secondary N) is 2. The van der Waals surface area contributed by atoms with Crippen molar-refractivity contribution in [2.45, 2.75) is 36.3 Å². The molecule has 0 saturated heterocycles. The first-order chi connectivity index (χ1) is 20.4. The van der Waals surface area contributed by atoms with Crippen LogP contribution in [0.25, 0.3) is 5.69 Å². The van der Waals surface area contributed by atoms with Crippen LogP contribution in [0, 0.1) is 6.92 Å². The van der Waals surface area contributed by atoms with Gasteiger partial charge in [0.05, 0.1) is 10.6 Å². The van der Waals surface area contributed by atoms with E-state index >= 15 is 0 Å². The van der Waals surface area contributed by atoms with E-state index in [-0.39, 0.29) is 10.8 Å². The van der Waals surface area contributed by atoms with E-state index in [0.29, 0.717) is 30.2 Å². The van der Waals surface area contributed by atoms with Crippen molar-refractivity contribution in [3.05, 3.63) is 144 Å². The van der Waals surface area contributed by atoms with Gasteiger partial charge in [-0.25, -0.2) is 22.9 Å². The standard InChI is InChI=1S/C33H30N4O4S/c1-24-11-8-9-18-30(24)42(39,40)36-32(38)35-33(22-29(33)26-14-6-3-7-15-26)31-34-19-20-37(31)27-16-10-17-28(21-27)41-23-25-12-4-2-5-13-25/h2-21,29H,22-23H2,1H3,(H2,35,36,38). The molecule has 8 nitrogen and oxygen atoms in total. The number of nitrogens with zero attached hydrogens (tertiary/aromatic N) is 2. The average Bonchev–Trinajstić information content (AvgIpc) is 3.48. The number of urea groups is 1. The summed E-state index contributed by atoms with van der Waals surface area (Å²) in [5.41, 5.74) is 2.50. The normalized spacial score (nSPS) is 17.8. The van der Waals surface area contributed by atoms with Crippen LogP contribution in [0.5, 0.6) is 5.75 Å². The van der Waals surface area contributed by atoms with Crippen LogP contribution >= 0.6 is 0 Å². The van der Waals surface area contributed by atoms with Crippen LogP contribution in [0.1, 0.15) is 34.9 Å². The molecule has 1 heterocycles. The third kappa shape index (κ3) is 5.51. The minimum absolute atomic E-state index is 0.0541. The zero-order chi connectivity index (χ0) is 29.2. The van der Waals surface area contributed by atoms with E-state index in [1.165, 1.54) is 6.07 Å². The lowest BCUT2D eigenvalue weighted by Gasteiger charge is -2.22. The Morgan fingerprint density at radius 2 is 1.67 bits per heavy atom. The van der Waals surface area contributed by atoms with Crippen molar-refractivity contribution in [1.29, 1.82) is 0 Å². The molecule has 1 fully saturated rings. The first kappa shape index (κ1) is 27.3. The molecule has 9 heteroatoms. The Hall–Kier alpha value is -4.89. The second-order valence-electron chi connectivity index (χ2n) is 10.4. The minimum Gasteiger partial charge on any atom is -0.489 e. The van der Waals surface area contributed by atoms with Gasteiger partial charge in [-0.15, -0.1) is 0 Å². The number of sulfonamides is 1.